The van der Waals surface area contributed by atoms with Gasteiger partial charge in [0.05, 0.1) is 17.8 Å². The number of carboxylic acid groups (broad SMARTS) is 3. The summed E-state index contributed by atoms with van der Waals surface area (Å²) in [5.74, 6) is 0.519. The lowest BCUT2D eigenvalue weighted by atomic mass is 9.87. The molecule has 0 rings (SSSR count). The highest BCUT2D eigenvalue weighted by molar-refractivity contribution is 5.73. The average Bonchev–Trinajstić information content (AvgIpc) is 2.71. The SMILES string of the molecule is CCCC(CC(CCCCC(CCCCCCNNNNN)C(=O)O)C(=O)O)C(=O)O. The largest absolute Gasteiger partial charge is 0.481 e. The van der Waals surface area contributed by atoms with Crippen LogP contribution in [0.2, 0.25) is 0 Å². The Morgan fingerprint density at radius 1 is 0.710 bits per heavy atom. The molecule has 0 aliphatic heterocycles. The molecule has 0 aromatic heterocycles. The van der Waals surface area contributed by atoms with Crippen LogP contribution in [-0.4, -0.2) is 39.8 Å². The van der Waals surface area contributed by atoms with Crippen molar-refractivity contribution in [1.29, 1.82) is 0 Å². The van der Waals surface area contributed by atoms with Crippen molar-refractivity contribution in [1.82, 2.24) is 22.0 Å². The van der Waals surface area contributed by atoms with Crippen molar-refractivity contribution in [3.63, 3.8) is 0 Å². The molecule has 0 spiro atoms. The zero-order chi connectivity index (χ0) is 23.5. The summed E-state index contributed by atoms with van der Waals surface area (Å²) in [5.41, 5.74) is 10.3. The van der Waals surface area contributed by atoms with Crippen molar-refractivity contribution in [3.8, 4) is 0 Å². The Balaban J connectivity index is 4.13. The van der Waals surface area contributed by atoms with Gasteiger partial charge in [-0.3, -0.25) is 20.2 Å². The molecule has 9 N–H and O–H groups in total. The molecule has 0 aromatic carbocycles. The normalized spacial score (nSPS) is 14.1. The monoisotopic (exact) mass is 447 g/mol. The quantitative estimate of drug-likeness (QED) is 0.0686. The molecule has 0 amide bonds. The molecule has 0 aliphatic carbocycles. The summed E-state index contributed by atoms with van der Waals surface area (Å²) in [6.45, 7) is 2.63. The first-order chi connectivity index (χ1) is 14.8. The Bertz CT molecular complexity index is 508. The standard InChI is InChI=1S/C20H41N5O6/c1-2-9-16(19(28)29)14-17(20(30)31)12-7-6-11-15(18(26)27)10-5-3-4-8-13-22-24-25-23-21/h15-17,22-25H,2-14,21H2,1H3,(H,26,27)(H,28,29)(H,30,31). The Hall–Kier alpha value is -1.79. The lowest BCUT2D eigenvalue weighted by Gasteiger charge is -2.18. The maximum absolute atomic E-state index is 11.5. The summed E-state index contributed by atoms with van der Waals surface area (Å²) in [7, 11) is 0. The van der Waals surface area contributed by atoms with Gasteiger partial charge in [-0.2, -0.15) is 16.6 Å². The summed E-state index contributed by atoms with van der Waals surface area (Å²) < 4.78 is 0. The van der Waals surface area contributed by atoms with Gasteiger partial charge in [-0.05, 0) is 38.5 Å². The third-order valence-corrected chi connectivity index (χ3v) is 5.44. The number of carbonyl (C=O) groups is 3. The molecule has 0 radical (unpaired) electrons. The second kappa shape index (κ2) is 18.9. The van der Waals surface area contributed by atoms with E-state index >= 15 is 0 Å². The predicted octanol–water partition coefficient (Wildman–Crippen LogP) is 1.77. The molecule has 0 fully saturated rings. The fourth-order valence-electron chi connectivity index (χ4n) is 3.65. The van der Waals surface area contributed by atoms with E-state index in [1.807, 2.05) is 6.92 Å². The van der Waals surface area contributed by atoms with Crippen LogP contribution in [0.5, 0.6) is 0 Å². The Kier molecular flexibility index (Phi) is 17.8. The predicted molar refractivity (Wildman–Crippen MR) is 116 cm³/mol. The van der Waals surface area contributed by atoms with Crippen LogP contribution in [0.1, 0.15) is 84.0 Å². The van der Waals surface area contributed by atoms with Gasteiger partial charge in [0.15, 0.2) is 0 Å². The zero-order valence-corrected chi connectivity index (χ0v) is 18.6. The maximum Gasteiger partial charge on any atom is 0.306 e. The Morgan fingerprint density at radius 2 is 1.19 bits per heavy atom. The van der Waals surface area contributed by atoms with Crippen LogP contribution in [-0.2, 0) is 14.4 Å². The number of rotatable bonds is 22. The highest BCUT2D eigenvalue weighted by Gasteiger charge is 2.26. The number of aliphatic carboxylic acids is 3. The van der Waals surface area contributed by atoms with E-state index in [2.05, 4.69) is 22.0 Å². The number of unbranched alkanes of at least 4 members (excludes halogenated alkanes) is 4. The lowest BCUT2D eigenvalue weighted by molar-refractivity contribution is -0.146. The second-order valence-corrected chi connectivity index (χ2v) is 7.94. The number of carboxylic acids is 3. The smallest absolute Gasteiger partial charge is 0.306 e. The summed E-state index contributed by atoms with van der Waals surface area (Å²) in [6, 6.07) is 0. The molecule has 31 heavy (non-hydrogen) atoms. The molecule has 0 saturated carbocycles. The van der Waals surface area contributed by atoms with Crippen LogP contribution in [0.4, 0.5) is 0 Å². The first-order valence-electron chi connectivity index (χ1n) is 11.2. The highest BCUT2D eigenvalue weighted by atomic mass is 16.4. The molecule has 0 bridgehead atoms. The summed E-state index contributed by atoms with van der Waals surface area (Å²) >= 11 is 0. The van der Waals surface area contributed by atoms with Gasteiger partial charge in [0.25, 0.3) is 0 Å². The fraction of sp³-hybridized carbons (Fsp3) is 0.850. The van der Waals surface area contributed by atoms with E-state index in [1.54, 1.807) is 0 Å². The topological polar surface area (TPSA) is 186 Å². The molecule has 0 aliphatic rings. The van der Waals surface area contributed by atoms with Gasteiger partial charge in [0.2, 0.25) is 0 Å². The van der Waals surface area contributed by atoms with Gasteiger partial charge < -0.3 is 15.3 Å². The molecule has 3 atom stereocenters. The molecule has 3 unspecified atom stereocenters. The molecule has 11 heteroatoms. The van der Waals surface area contributed by atoms with Gasteiger partial charge in [-0.25, -0.2) is 5.43 Å². The number of hydrogen-bond donors (Lipinski definition) is 8. The molecule has 0 aromatic rings. The van der Waals surface area contributed by atoms with Crippen molar-refractivity contribution in [3.05, 3.63) is 0 Å². The van der Waals surface area contributed by atoms with Gasteiger partial charge in [0.1, 0.15) is 0 Å². The summed E-state index contributed by atoms with van der Waals surface area (Å²) in [4.78, 5) is 34.3. The van der Waals surface area contributed by atoms with Crippen LogP contribution in [0.25, 0.3) is 0 Å². The van der Waals surface area contributed by atoms with Crippen LogP contribution in [0.15, 0.2) is 0 Å². The molecular formula is C20H41N5O6. The minimum atomic E-state index is -0.975. The van der Waals surface area contributed by atoms with Crippen molar-refractivity contribution in [2.75, 3.05) is 6.54 Å². The first-order valence-corrected chi connectivity index (χ1v) is 11.2. The minimum Gasteiger partial charge on any atom is -0.481 e. The molecular weight excluding hydrogens is 406 g/mol. The zero-order valence-electron chi connectivity index (χ0n) is 18.6. The number of nitrogens with one attached hydrogen (secondary N) is 4. The number of hydrogen-bond acceptors (Lipinski definition) is 8. The third kappa shape index (κ3) is 15.6. The second-order valence-electron chi connectivity index (χ2n) is 7.94. The Morgan fingerprint density at radius 3 is 1.71 bits per heavy atom. The van der Waals surface area contributed by atoms with E-state index in [-0.39, 0.29) is 6.42 Å². The van der Waals surface area contributed by atoms with Crippen molar-refractivity contribution >= 4 is 17.9 Å². The van der Waals surface area contributed by atoms with Crippen molar-refractivity contribution < 1.29 is 29.7 Å². The van der Waals surface area contributed by atoms with Gasteiger partial charge in [-0.15, -0.1) is 0 Å². The van der Waals surface area contributed by atoms with Gasteiger partial charge >= 0.3 is 17.9 Å². The maximum atomic E-state index is 11.5. The lowest BCUT2D eigenvalue weighted by Crippen LogP contribution is -2.53. The van der Waals surface area contributed by atoms with E-state index in [0.29, 0.717) is 44.9 Å². The van der Waals surface area contributed by atoms with E-state index in [9.17, 15) is 29.7 Å². The summed E-state index contributed by atoms with van der Waals surface area (Å²) in [5, 5.41) is 28.1. The van der Waals surface area contributed by atoms with Crippen LogP contribution in [0.3, 0.4) is 0 Å². The molecule has 0 heterocycles. The fourth-order valence-corrected chi connectivity index (χ4v) is 3.65. The highest BCUT2D eigenvalue weighted by Crippen LogP contribution is 2.24. The molecule has 11 nitrogen and oxygen atoms in total. The third-order valence-electron chi connectivity index (χ3n) is 5.44. The van der Waals surface area contributed by atoms with E-state index in [4.69, 9.17) is 5.84 Å². The first kappa shape index (κ1) is 29.2. The van der Waals surface area contributed by atoms with E-state index in [1.165, 1.54) is 0 Å². The van der Waals surface area contributed by atoms with Gasteiger partial charge in [0, 0.05) is 6.54 Å². The van der Waals surface area contributed by atoms with Crippen LogP contribution < -0.4 is 27.9 Å². The van der Waals surface area contributed by atoms with Crippen LogP contribution >= 0.6 is 0 Å². The van der Waals surface area contributed by atoms with Crippen LogP contribution in [0, 0.1) is 17.8 Å². The van der Waals surface area contributed by atoms with E-state index in [0.717, 1.165) is 32.2 Å². The van der Waals surface area contributed by atoms with Crippen molar-refractivity contribution in [2.24, 2.45) is 23.6 Å². The summed E-state index contributed by atoms with van der Waals surface area (Å²) in [6.07, 6.45) is 7.73. The number of nitrogens with two attached hydrogens (primary N) is 1. The number of hydrazine groups is 4. The molecule has 182 valence electrons. The van der Waals surface area contributed by atoms with Crippen molar-refractivity contribution in [2.45, 2.75) is 84.0 Å². The molecule has 0 saturated heterocycles. The minimum absolute atomic E-state index is 0.129. The Labute approximate surface area is 184 Å². The van der Waals surface area contributed by atoms with Gasteiger partial charge in [-0.1, -0.05) is 45.4 Å². The average molecular weight is 448 g/mol. The van der Waals surface area contributed by atoms with E-state index < -0.39 is 35.7 Å².